The molecule has 0 fully saturated rings. The fourth-order valence-electron chi connectivity index (χ4n) is 3.53. The average Bonchev–Trinajstić information content (AvgIpc) is 2.72. The van der Waals surface area contributed by atoms with Crippen LogP contribution in [0.5, 0.6) is 0 Å². The van der Waals surface area contributed by atoms with Gasteiger partial charge in [0, 0.05) is 25.2 Å². The van der Waals surface area contributed by atoms with Gasteiger partial charge in [0.15, 0.2) is 0 Å². The maximum absolute atomic E-state index is 12.5. The van der Waals surface area contributed by atoms with Gasteiger partial charge in [-0.1, -0.05) is 42.5 Å². The Kier molecular flexibility index (Phi) is 6.41. The molecule has 7 heteroatoms. The standard InChI is InChI=1S/C22H29N3O3S/c1-17(24-29(27,28)20-11-5-4-6-12-20)21(26)23-16-22(2,3)25-14-13-18-9-7-8-10-19(18)15-25/h4-12,17,24H,13-16H2,1-3H3,(H,23,26). The van der Waals surface area contributed by atoms with Crippen molar-refractivity contribution in [3.63, 3.8) is 0 Å². The first-order valence-electron chi connectivity index (χ1n) is 9.86. The molecule has 1 unspecified atom stereocenters. The lowest BCUT2D eigenvalue weighted by atomic mass is 9.94. The van der Waals surface area contributed by atoms with E-state index in [4.69, 9.17) is 0 Å². The van der Waals surface area contributed by atoms with E-state index in [2.05, 4.69) is 53.1 Å². The molecule has 1 atom stereocenters. The quantitative estimate of drug-likeness (QED) is 0.727. The summed E-state index contributed by atoms with van der Waals surface area (Å²) in [6.07, 6.45) is 0.987. The van der Waals surface area contributed by atoms with Crippen LogP contribution < -0.4 is 10.0 Å². The molecule has 29 heavy (non-hydrogen) atoms. The third-order valence-corrected chi connectivity index (χ3v) is 7.02. The highest BCUT2D eigenvalue weighted by Gasteiger charge is 2.31. The third kappa shape index (κ3) is 5.23. The van der Waals surface area contributed by atoms with Crippen molar-refractivity contribution in [1.29, 1.82) is 0 Å². The molecule has 0 saturated carbocycles. The molecule has 1 aliphatic heterocycles. The van der Waals surface area contributed by atoms with Crippen LogP contribution in [-0.2, 0) is 27.8 Å². The Labute approximate surface area is 173 Å². The fraction of sp³-hybridized carbons (Fsp3) is 0.409. The van der Waals surface area contributed by atoms with Crippen LogP contribution in [0.4, 0.5) is 0 Å². The van der Waals surface area contributed by atoms with Crippen molar-refractivity contribution >= 4 is 15.9 Å². The van der Waals surface area contributed by atoms with Crippen LogP contribution in [0.1, 0.15) is 31.9 Å². The van der Waals surface area contributed by atoms with E-state index in [0.717, 1.165) is 19.5 Å². The lowest BCUT2D eigenvalue weighted by Gasteiger charge is -2.41. The van der Waals surface area contributed by atoms with Gasteiger partial charge in [-0.2, -0.15) is 4.72 Å². The largest absolute Gasteiger partial charge is 0.353 e. The van der Waals surface area contributed by atoms with E-state index in [1.54, 1.807) is 25.1 Å². The summed E-state index contributed by atoms with van der Waals surface area (Å²) in [5.74, 6) is -0.338. The summed E-state index contributed by atoms with van der Waals surface area (Å²) in [7, 11) is -3.73. The summed E-state index contributed by atoms with van der Waals surface area (Å²) in [5.41, 5.74) is 2.45. The number of nitrogens with zero attached hydrogens (tertiary/aromatic N) is 1. The van der Waals surface area contributed by atoms with Crippen LogP contribution >= 0.6 is 0 Å². The van der Waals surface area contributed by atoms with Gasteiger partial charge < -0.3 is 5.32 Å². The summed E-state index contributed by atoms with van der Waals surface area (Å²) < 4.78 is 27.3. The van der Waals surface area contributed by atoms with Crippen molar-refractivity contribution in [2.24, 2.45) is 0 Å². The summed E-state index contributed by atoms with van der Waals surface area (Å²) in [6.45, 7) is 7.96. The molecule has 0 radical (unpaired) electrons. The Morgan fingerprint density at radius 1 is 1.07 bits per heavy atom. The van der Waals surface area contributed by atoms with Gasteiger partial charge in [-0.3, -0.25) is 9.69 Å². The Balaban J connectivity index is 1.57. The van der Waals surface area contributed by atoms with Crippen LogP contribution in [0.2, 0.25) is 0 Å². The van der Waals surface area contributed by atoms with Gasteiger partial charge in [-0.25, -0.2) is 8.42 Å². The van der Waals surface area contributed by atoms with Crippen LogP contribution in [0, 0.1) is 0 Å². The molecular weight excluding hydrogens is 386 g/mol. The summed E-state index contributed by atoms with van der Waals surface area (Å²) >= 11 is 0. The zero-order chi connectivity index (χ0) is 21.1. The molecule has 0 bridgehead atoms. The van der Waals surface area contributed by atoms with Gasteiger partial charge in [0.2, 0.25) is 15.9 Å². The highest BCUT2D eigenvalue weighted by molar-refractivity contribution is 7.89. The molecule has 2 N–H and O–H groups in total. The topological polar surface area (TPSA) is 78.5 Å². The van der Waals surface area contributed by atoms with E-state index < -0.39 is 16.1 Å². The molecular formula is C22H29N3O3S. The molecule has 2 aromatic carbocycles. The number of fused-ring (bicyclic) bond motifs is 1. The van der Waals surface area contributed by atoms with Crippen molar-refractivity contribution < 1.29 is 13.2 Å². The number of amides is 1. The Morgan fingerprint density at radius 3 is 2.38 bits per heavy atom. The summed E-state index contributed by atoms with van der Waals surface area (Å²) in [5, 5.41) is 2.91. The zero-order valence-electron chi connectivity index (χ0n) is 17.2. The second-order valence-corrected chi connectivity index (χ2v) is 9.84. The predicted octanol–water partition coefficient (Wildman–Crippen LogP) is 2.31. The Hall–Kier alpha value is -2.22. The highest BCUT2D eigenvalue weighted by atomic mass is 32.2. The fourth-order valence-corrected chi connectivity index (χ4v) is 4.76. The molecule has 1 amide bonds. The maximum atomic E-state index is 12.5. The second kappa shape index (κ2) is 8.65. The number of carbonyl (C=O) groups excluding carboxylic acids is 1. The molecule has 6 nitrogen and oxygen atoms in total. The van der Waals surface area contributed by atoms with Crippen molar-refractivity contribution in [3.8, 4) is 0 Å². The number of hydrogen-bond acceptors (Lipinski definition) is 4. The van der Waals surface area contributed by atoms with E-state index in [1.165, 1.54) is 23.3 Å². The van der Waals surface area contributed by atoms with E-state index in [9.17, 15) is 13.2 Å². The van der Waals surface area contributed by atoms with Crippen LogP contribution in [0.25, 0.3) is 0 Å². The van der Waals surface area contributed by atoms with Gasteiger partial charge in [-0.15, -0.1) is 0 Å². The van der Waals surface area contributed by atoms with E-state index in [-0.39, 0.29) is 16.3 Å². The first-order valence-corrected chi connectivity index (χ1v) is 11.3. The maximum Gasteiger partial charge on any atom is 0.241 e. The number of nitrogens with one attached hydrogen (secondary N) is 2. The highest BCUT2D eigenvalue weighted by Crippen LogP contribution is 2.25. The minimum absolute atomic E-state index is 0.145. The monoisotopic (exact) mass is 415 g/mol. The minimum Gasteiger partial charge on any atom is -0.353 e. The number of sulfonamides is 1. The molecule has 3 rings (SSSR count). The van der Waals surface area contributed by atoms with Gasteiger partial charge in [-0.05, 0) is 50.5 Å². The van der Waals surface area contributed by atoms with Gasteiger partial charge in [0.1, 0.15) is 0 Å². The first-order chi connectivity index (χ1) is 13.7. The minimum atomic E-state index is -3.73. The average molecular weight is 416 g/mol. The molecule has 1 heterocycles. The summed E-state index contributed by atoms with van der Waals surface area (Å²) in [4.78, 5) is 15.0. The van der Waals surface area contributed by atoms with E-state index in [0.29, 0.717) is 6.54 Å². The molecule has 2 aromatic rings. The third-order valence-electron chi connectivity index (χ3n) is 5.46. The lowest BCUT2D eigenvalue weighted by molar-refractivity contribution is -0.123. The molecule has 0 spiro atoms. The van der Waals surface area contributed by atoms with Crippen molar-refractivity contribution in [2.45, 2.75) is 50.2 Å². The zero-order valence-corrected chi connectivity index (χ0v) is 18.0. The van der Waals surface area contributed by atoms with Crippen LogP contribution in [-0.4, -0.2) is 43.9 Å². The molecule has 156 valence electrons. The van der Waals surface area contributed by atoms with Gasteiger partial charge in [0.25, 0.3) is 0 Å². The smallest absolute Gasteiger partial charge is 0.241 e. The Bertz CT molecular complexity index is 958. The predicted molar refractivity (Wildman–Crippen MR) is 114 cm³/mol. The number of rotatable bonds is 7. The SMILES string of the molecule is CC(NS(=O)(=O)c1ccccc1)C(=O)NCC(C)(C)N1CCc2ccccc2C1. The van der Waals surface area contributed by atoms with Crippen molar-refractivity contribution in [1.82, 2.24) is 14.9 Å². The van der Waals surface area contributed by atoms with Crippen LogP contribution in [0.3, 0.4) is 0 Å². The van der Waals surface area contributed by atoms with Crippen molar-refractivity contribution in [3.05, 3.63) is 65.7 Å². The number of hydrogen-bond donors (Lipinski definition) is 2. The second-order valence-electron chi connectivity index (χ2n) is 8.13. The van der Waals surface area contributed by atoms with E-state index >= 15 is 0 Å². The molecule has 0 aromatic heterocycles. The van der Waals surface area contributed by atoms with Crippen molar-refractivity contribution in [2.75, 3.05) is 13.1 Å². The van der Waals surface area contributed by atoms with E-state index in [1.807, 2.05) is 0 Å². The van der Waals surface area contributed by atoms with Gasteiger partial charge >= 0.3 is 0 Å². The Morgan fingerprint density at radius 2 is 1.69 bits per heavy atom. The molecule has 0 saturated heterocycles. The summed E-state index contributed by atoms with van der Waals surface area (Å²) in [6, 6.07) is 15.6. The van der Waals surface area contributed by atoms with Crippen LogP contribution in [0.15, 0.2) is 59.5 Å². The van der Waals surface area contributed by atoms with Gasteiger partial charge in [0.05, 0.1) is 10.9 Å². The molecule has 1 aliphatic rings. The number of benzene rings is 2. The lowest BCUT2D eigenvalue weighted by Crippen LogP contribution is -2.55. The number of carbonyl (C=O) groups is 1. The normalized spacial score (nSPS) is 16.1. The molecule has 0 aliphatic carbocycles. The first kappa shape index (κ1) is 21.5.